The number of benzene rings is 2. The fourth-order valence-corrected chi connectivity index (χ4v) is 4.83. The molecule has 0 heterocycles. The van der Waals surface area contributed by atoms with Gasteiger partial charge in [-0.15, -0.1) is 0 Å². The molecule has 0 radical (unpaired) electrons. The first-order chi connectivity index (χ1) is 9.89. The molecule has 21 heavy (non-hydrogen) atoms. The second-order valence-electron chi connectivity index (χ2n) is 4.61. The molecule has 6 heteroatoms. The Morgan fingerprint density at radius 1 is 1.05 bits per heavy atom. The second-order valence-corrected chi connectivity index (χ2v) is 8.54. The summed E-state index contributed by atoms with van der Waals surface area (Å²) in [4.78, 5) is 0.481. The molecule has 0 saturated carbocycles. The monoisotopic (exact) mass is 342 g/mol. The average Bonchev–Trinajstić information content (AvgIpc) is 2.45. The summed E-state index contributed by atoms with van der Waals surface area (Å²) >= 11 is 6.06. The minimum absolute atomic E-state index is 0.127. The van der Waals surface area contributed by atoms with Gasteiger partial charge in [-0.2, -0.15) is 0 Å². The van der Waals surface area contributed by atoms with Gasteiger partial charge in [-0.3, -0.25) is 4.21 Å². The van der Waals surface area contributed by atoms with Crippen LogP contribution in [0, 0.1) is 0 Å². The van der Waals surface area contributed by atoms with Crippen LogP contribution in [-0.4, -0.2) is 24.6 Å². The van der Waals surface area contributed by atoms with Crippen LogP contribution in [0.1, 0.15) is 5.56 Å². The minimum Gasteiger partial charge on any atom is -0.254 e. The van der Waals surface area contributed by atoms with Crippen molar-refractivity contribution in [1.82, 2.24) is 0 Å². The molecule has 2 aromatic carbocycles. The van der Waals surface area contributed by atoms with Gasteiger partial charge < -0.3 is 0 Å². The Hall–Kier alpha value is -1.17. The summed E-state index contributed by atoms with van der Waals surface area (Å²) in [6.07, 6.45) is 1.65. The normalized spacial score (nSPS) is 13.0. The Morgan fingerprint density at radius 2 is 1.67 bits per heavy atom. The van der Waals surface area contributed by atoms with Crippen LogP contribution in [0.25, 0.3) is 0 Å². The van der Waals surface area contributed by atoms with Crippen molar-refractivity contribution in [3.8, 4) is 0 Å². The lowest BCUT2D eigenvalue weighted by Crippen LogP contribution is -2.08. The van der Waals surface area contributed by atoms with E-state index in [4.69, 9.17) is 11.6 Å². The van der Waals surface area contributed by atoms with E-state index in [0.717, 1.165) is 11.8 Å². The molecule has 3 nitrogen and oxygen atoms in total. The average molecular weight is 343 g/mol. The number of rotatable bonds is 5. The van der Waals surface area contributed by atoms with Gasteiger partial charge in [0.25, 0.3) is 0 Å². The first-order valence-electron chi connectivity index (χ1n) is 6.30. The number of aryl methyl sites for hydroxylation is 1. The Kier molecular flexibility index (Phi) is 5.19. The molecule has 0 aliphatic heterocycles. The van der Waals surface area contributed by atoms with Crippen molar-refractivity contribution in [2.24, 2.45) is 0 Å². The fourth-order valence-electron chi connectivity index (χ4n) is 1.96. The van der Waals surface area contributed by atoms with Crippen LogP contribution >= 0.6 is 11.6 Å². The quantitative estimate of drug-likeness (QED) is 0.839. The maximum absolute atomic E-state index is 12.4. The summed E-state index contributed by atoms with van der Waals surface area (Å²) in [7, 11) is -4.78. The zero-order chi connectivity index (χ0) is 15.5. The third kappa shape index (κ3) is 4.15. The van der Waals surface area contributed by atoms with Crippen LogP contribution in [-0.2, 0) is 27.1 Å². The third-order valence-electron chi connectivity index (χ3n) is 3.01. The first kappa shape index (κ1) is 16.2. The lowest BCUT2D eigenvalue weighted by Gasteiger charge is -2.08. The van der Waals surface area contributed by atoms with Gasteiger partial charge in [0.05, 0.1) is 20.6 Å². The van der Waals surface area contributed by atoms with Gasteiger partial charge in [-0.1, -0.05) is 41.9 Å². The van der Waals surface area contributed by atoms with Crippen LogP contribution in [0.3, 0.4) is 0 Å². The second kappa shape index (κ2) is 6.73. The smallest absolute Gasteiger partial charge is 0.176 e. The molecular weight excluding hydrogens is 328 g/mol. The highest BCUT2D eigenvalue weighted by Crippen LogP contribution is 2.21. The SMILES string of the molecule is CS(=O)(=O)c1ccccc1S(=O)CCc1ccccc1Cl. The summed E-state index contributed by atoms with van der Waals surface area (Å²) < 4.78 is 35.9. The Balaban J connectivity index is 2.21. The van der Waals surface area contributed by atoms with E-state index in [1.54, 1.807) is 24.3 Å². The predicted molar refractivity (Wildman–Crippen MR) is 86.0 cm³/mol. The lowest BCUT2D eigenvalue weighted by molar-refractivity contribution is 0.599. The summed E-state index contributed by atoms with van der Waals surface area (Å²) in [6, 6.07) is 13.8. The summed E-state index contributed by atoms with van der Waals surface area (Å²) in [5, 5.41) is 0.630. The predicted octanol–water partition coefficient (Wildman–Crippen LogP) is 3.09. The van der Waals surface area contributed by atoms with Crippen molar-refractivity contribution in [1.29, 1.82) is 0 Å². The van der Waals surface area contributed by atoms with Crippen molar-refractivity contribution >= 4 is 32.2 Å². The van der Waals surface area contributed by atoms with Gasteiger partial charge in [0, 0.05) is 17.0 Å². The molecule has 0 fully saturated rings. The Bertz CT molecular complexity index is 770. The van der Waals surface area contributed by atoms with E-state index in [0.29, 0.717) is 22.1 Å². The number of hydrogen-bond donors (Lipinski definition) is 0. The molecule has 0 saturated heterocycles. The molecule has 0 aliphatic carbocycles. The van der Waals surface area contributed by atoms with Gasteiger partial charge in [-0.05, 0) is 30.2 Å². The van der Waals surface area contributed by atoms with Crippen LogP contribution < -0.4 is 0 Å². The van der Waals surface area contributed by atoms with E-state index >= 15 is 0 Å². The highest BCUT2D eigenvalue weighted by Gasteiger charge is 2.17. The topological polar surface area (TPSA) is 51.2 Å². The highest BCUT2D eigenvalue weighted by molar-refractivity contribution is 7.92. The van der Waals surface area contributed by atoms with E-state index in [2.05, 4.69) is 0 Å². The maximum Gasteiger partial charge on any atom is 0.176 e. The molecule has 2 aromatic rings. The molecule has 0 aromatic heterocycles. The number of halogens is 1. The lowest BCUT2D eigenvalue weighted by atomic mass is 10.2. The van der Waals surface area contributed by atoms with E-state index in [9.17, 15) is 12.6 Å². The molecule has 0 N–H and O–H groups in total. The van der Waals surface area contributed by atoms with Crippen molar-refractivity contribution in [3.05, 3.63) is 59.1 Å². The van der Waals surface area contributed by atoms with Crippen LogP contribution in [0.2, 0.25) is 5.02 Å². The number of sulfone groups is 1. The molecule has 0 spiro atoms. The van der Waals surface area contributed by atoms with Crippen LogP contribution in [0.5, 0.6) is 0 Å². The summed E-state index contributed by atoms with van der Waals surface area (Å²) in [6.45, 7) is 0. The van der Waals surface area contributed by atoms with Gasteiger partial charge in [-0.25, -0.2) is 8.42 Å². The zero-order valence-corrected chi connectivity index (χ0v) is 13.8. The van der Waals surface area contributed by atoms with Crippen molar-refractivity contribution in [2.45, 2.75) is 16.2 Å². The van der Waals surface area contributed by atoms with Crippen molar-refractivity contribution in [2.75, 3.05) is 12.0 Å². The van der Waals surface area contributed by atoms with Gasteiger partial charge >= 0.3 is 0 Å². The molecule has 2 rings (SSSR count). The highest BCUT2D eigenvalue weighted by atomic mass is 35.5. The summed E-state index contributed by atoms with van der Waals surface area (Å²) in [5.41, 5.74) is 0.907. The molecule has 112 valence electrons. The minimum atomic E-state index is -3.39. The van der Waals surface area contributed by atoms with Crippen molar-refractivity contribution < 1.29 is 12.6 Å². The summed E-state index contributed by atoms with van der Waals surface area (Å²) in [5.74, 6) is 0.330. The fraction of sp³-hybridized carbons (Fsp3) is 0.200. The van der Waals surface area contributed by atoms with E-state index in [-0.39, 0.29) is 4.90 Å². The van der Waals surface area contributed by atoms with E-state index in [1.165, 1.54) is 6.07 Å². The molecule has 1 atom stereocenters. The zero-order valence-electron chi connectivity index (χ0n) is 11.5. The maximum atomic E-state index is 12.4. The standard InChI is InChI=1S/C15H15ClO3S2/c1-21(18,19)15-9-5-4-8-14(15)20(17)11-10-12-6-2-3-7-13(12)16/h2-9H,10-11H2,1H3. The van der Waals surface area contributed by atoms with Crippen molar-refractivity contribution in [3.63, 3.8) is 0 Å². The number of hydrogen-bond acceptors (Lipinski definition) is 3. The van der Waals surface area contributed by atoms with Crippen LogP contribution in [0.15, 0.2) is 58.3 Å². The molecule has 0 bridgehead atoms. The first-order valence-corrected chi connectivity index (χ1v) is 9.89. The molecule has 0 amide bonds. The third-order valence-corrected chi connectivity index (χ3v) is 6.08. The van der Waals surface area contributed by atoms with Gasteiger partial charge in [0.1, 0.15) is 0 Å². The van der Waals surface area contributed by atoms with Crippen LogP contribution in [0.4, 0.5) is 0 Å². The van der Waals surface area contributed by atoms with E-state index in [1.807, 2.05) is 18.2 Å². The van der Waals surface area contributed by atoms with Gasteiger partial charge in [0.15, 0.2) is 9.84 Å². The molecular formula is C15H15ClO3S2. The Labute approximate surface area is 132 Å². The Morgan fingerprint density at radius 3 is 2.33 bits per heavy atom. The molecule has 1 unspecified atom stereocenters. The molecule has 0 aliphatic rings. The largest absolute Gasteiger partial charge is 0.254 e. The van der Waals surface area contributed by atoms with Gasteiger partial charge in [0.2, 0.25) is 0 Å². The van der Waals surface area contributed by atoms with E-state index < -0.39 is 20.6 Å².